The number of allylic oxidation sites excluding steroid dienone is 4. The van der Waals surface area contributed by atoms with Gasteiger partial charge in [0.2, 0.25) is 0 Å². The van der Waals surface area contributed by atoms with Gasteiger partial charge in [-0.05, 0) is 25.1 Å². The number of phenols is 1. The fourth-order valence-corrected chi connectivity index (χ4v) is 6.31. The van der Waals surface area contributed by atoms with Gasteiger partial charge >= 0.3 is 0 Å². The molecule has 8 rings (SSSR count). The molecular formula is C27H21NO5. The molecule has 3 aliphatic heterocycles. The second-order valence-electron chi connectivity index (χ2n) is 9.47. The zero-order valence-corrected chi connectivity index (χ0v) is 17.8. The molecule has 0 amide bonds. The van der Waals surface area contributed by atoms with Crippen LogP contribution in [0.1, 0.15) is 12.5 Å². The van der Waals surface area contributed by atoms with Crippen molar-refractivity contribution in [2.45, 2.75) is 18.1 Å². The Hall–Kier alpha value is -3.48. The molecule has 0 spiro atoms. The maximum atomic E-state index is 13.6. The third kappa shape index (κ3) is 2.34. The second kappa shape index (κ2) is 6.31. The highest BCUT2D eigenvalue weighted by atomic mass is 17.2. The normalized spacial score (nSPS) is 35.8. The first-order valence-corrected chi connectivity index (χ1v) is 11.2. The van der Waals surface area contributed by atoms with Crippen LogP contribution in [-0.2, 0) is 15.4 Å². The van der Waals surface area contributed by atoms with Gasteiger partial charge in [-0.25, -0.2) is 14.8 Å². The Morgan fingerprint density at radius 3 is 2.24 bits per heavy atom. The summed E-state index contributed by atoms with van der Waals surface area (Å²) in [6.07, 6.45) is 16.7. The van der Waals surface area contributed by atoms with Crippen molar-refractivity contribution in [3.05, 3.63) is 94.7 Å². The standard InChI is InChI=1S/C27H21NO5/c1-26-16-6-2-4-8-18(16)27(33-32-26,19-9-5-3-7-17(19)26)20-13-22-25(14-23(20)30)31-24-12-15(29)10-11-21(24)28-22/h2-14,16-19,29H,1H3. The predicted molar refractivity (Wildman–Crippen MR) is 121 cm³/mol. The highest BCUT2D eigenvalue weighted by Crippen LogP contribution is 2.64. The van der Waals surface area contributed by atoms with Gasteiger partial charge < -0.3 is 9.52 Å². The van der Waals surface area contributed by atoms with Crippen LogP contribution in [0.25, 0.3) is 22.6 Å². The molecule has 1 aromatic carbocycles. The van der Waals surface area contributed by atoms with Crippen molar-refractivity contribution in [3.8, 4) is 17.2 Å². The molecule has 1 N–H and O–H groups in total. The van der Waals surface area contributed by atoms with Crippen LogP contribution in [0.2, 0.25) is 0 Å². The van der Waals surface area contributed by atoms with Crippen molar-refractivity contribution in [2.24, 2.45) is 23.7 Å². The lowest BCUT2D eigenvalue weighted by atomic mass is 9.49. The second-order valence-corrected chi connectivity index (χ2v) is 9.47. The van der Waals surface area contributed by atoms with Crippen molar-refractivity contribution in [3.63, 3.8) is 0 Å². The Morgan fingerprint density at radius 2 is 1.55 bits per heavy atom. The number of nitrogens with zero attached hydrogens (tertiary/aromatic N) is 1. The van der Waals surface area contributed by atoms with E-state index in [2.05, 4.69) is 31.2 Å². The molecule has 0 radical (unpaired) electrons. The number of phenolic OH excluding ortho intramolecular Hbond substituents is 1. The van der Waals surface area contributed by atoms with E-state index in [1.807, 2.05) is 24.3 Å². The van der Waals surface area contributed by atoms with Gasteiger partial charge in [0.15, 0.2) is 16.8 Å². The Morgan fingerprint density at radius 1 is 0.879 bits per heavy atom. The molecule has 164 valence electrons. The molecule has 2 bridgehead atoms. The largest absolute Gasteiger partial charge is 0.508 e. The van der Waals surface area contributed by atoms with Crippen LogP contribution < -0.4 is 5.43 Å². The topological polar surface area (TPSA) is 81.8 Å². The van der Waals surface area contributed by atoms with Crippen LogP contribution >= 0.6 is 0 Å². The van der Waals surface area contributed by atoms with Gasteiger partial charge in [-0.3, -0.25) is 4.79 Å². The summed E-state index contributed by atoms with van der Waals surface area (Å²) >= 11 is 0. The first-order valence-electron chi connectivity index (χ1n) is 11.2. The minimum atomic E-state index is -0.994. The zero-order chi connectivity index (χ0) is 22.4. The Balaban J connectivity index is 1.50. The lowest BCUT2D eigenvalue weighted by Crippen LogP contribution is -2.70. The van der Waals surface area contributed by atoms with E-state index in [9.17, 15) is 9.90 Å². The van der Waals surface area contributed by atoms with Gasteiger partial charge in [0.05, 0.1) is 0 Å². The number of aromatic nitrogens is 1. The summed E-state index contributed by atoms with van der Waals surface area (Å²) in [5.74, 6) is 0.412. The number of fused-ring (bicyclic) bond motifs is 3. The van der Waals surface area contributed by atoms with Crippen molar-refractivity contribution in [1.29, 1.82) is 0 Å². The molecular weight excluding hydrogens is 418 g/mol. The minimum Gasteiger partial charge on any atom is -0.508 e. The molecule has 7 aliphatic rings. The molecule has 6 heteroatoms. The maximum absolute atomic E-state index is 13.6. The van der Waals surface area contributed by atoms with E-state index in [-0.39, 0.29) is 34.8 Å². The van der Waals surface area contributed by atoms with Crippen LogP contribution in [-0.4, -0.2) is 15.7 Å². The van der Waals surface area contributed by atoms with Gasteiger partial charge in [0, 0.05) is 41.4 Å². The summed E-state index contributed by atoms with van der Waals surface area (Å²) in [6.45, 7) is 2.10. The molecule has 1 saturated carbocycles. The van der Waals surface area contributed by atoms with E-state index in [4.69, 9.17) is 19.2 Å². The highest BCUT2D eigenvalue weighted by Gasteiger charge is 2.69. The van der Waals surface area contributed by atoms with E-state index in [1.165, 1.54) is 12.1 Å². The van der Waals surface area contributed by atoms with Crippen molar-refractivity contribution in [2.75, 3.05) is 0 Å². The van der Waals surface area contributed by atoms with E-state index in [1.54, 1.807) is 18.2 Å². The van der Waals surface area contributed by atoms with Crippen molar-refractivity contribution < 1.29 is 19.3 Å². The molecule has 4 aliphatic carbocycles. The van der Waals surface area contributed by atoms with E-state index >= 15 is 0 Å². The Labute approximate surface area is 189 Å². The summed E-state index contributed by atoms with van der Waals surface area (Å²) < 4.78 is 5.91. The van der Waals surface area contributed by atoms with E-state index in [0.717, 1.165) is 0 Å². The van der Waals surface area contributed by atoms with E-state index < -0.39 is 11.2 Å². The van der Waals surface area contributed by atoms with Crippen LogP contribution in [0.5, 0.6) is 5.75 Å². The van der Waals surface area contributed by atoms with Crippen LogP contribution in [0.15, 0.2) is 88.2 Å². The van der Waals surface area contributed by atoms with Crippen molar-refractivity contribution >= 4 is 11.1 Å². The first kappa shape index (κ1) is 19.0. The SMILES string of the molecule is CC12OOC(c3cc4nc5ccc(O)cc5oc-4cc3=O)(C3C=CC=CC31)C1C=CC=CC12. The van der Waals surface area contributed by atoms with Gasteiger partial charge in [-0.15, -0.1) is 0 Å². The van der Waals surface area contributed by atoms with Gasteiger partial charge in [0.25, 0.3) is 0 Å². The molecule has 0 aromatic heterocycles. The average Bonchev–Trinajstić information content (AvgIpc) is 2.83. The number of benzene rings is 2. The van der Waals surface area contributed by atoms with Gasteiger partial charge in [0.1, 0.15) is 28.2 Å². The van der Waals surface area contributed by atoms with Crippen LogP contribution in [0.3, 0.4) is 0 Å². The third-order valence-corrected chi connectivity index (χ3v) is 7.83. The quantitative estimate of drug-likeness (QED) is 0.439. The van der Waals surface area contributed by atoms with Gasteiger partial charge in [-0.1, -0.05) is 48.6 Å². The number of rotatable bonds is 1. The van der Waals surface area contributed by atoms with Crippen LogP contribution in [0, 0.1) is 23.7 Å². The fourth-order valence-electron chi connectivity index (χ4n) is 6.31. The average molecular weight is 439 g/mol. The first-order chi connectivity index (χ1) is 16.0. The summed E-state index contributed by atoms with van der Waals surface area (Å²) in [4.78, 5) is 30.7. The smallest absolute Gasteiger partial charge is 0.188 e. The molecule has 6 nitrogen and oxygen atoms in total. The molecule has 2 saturated heterocycles. The lowest BCUT2D eigenvalue weighted by molar-refractivity contribution is -0.511. The summed E-state index contributed by atoms with van der Waals surface area (Å²) in [5, 5.41) is 9.78. The zero-order valence-electron chi connectivity index (χ0n) is 17.8. The Kier molecular flexibility index (Phi) is 3.64. The molecule has 33 heavy (non-hydrogen) atoms. The van der Waals surface area contributed by atoms with Crippen molar-refractivity contribution in [1.82, 2.24) is 4.98 Å². The number of hydrogen-bond acceptors (Lipinski definition) is 6. The summed E-state index contributed by atoms with van der Waals surface area (Å²) in [7, 11) is 0. The minimum absolute atomic E-state index is 0.0565. The summed E-state index contributed by atoms with van der Waals surface area (Å²) in [6, 6.07) is 8.00. The maximum Gasteiger partial charge on any atom is 0.188 e. The fraction of sp³-hybridized carbons (Fsp3) is 0.259. The van der Waals surface area contributed by atoms with Gasteiger partial charge in [-0.2, -0.15) is 0 Å². The van der Waals surface area contributed by atoms with E-state index in [0.29, 0.717) is 28.1 Å². The molecule has 3 heterocycles. The third-order valence-electron chi connectivity index (χ3n) is 7.83. The predicted octanol–water partition coefficient (Wildman–Crippen LogP) is 4.64. The molecule has 4 unspecified atom stereocenters. The molecule has 1 aromatic rings. The molecule has 4 atom stereocenters. The molecule has 3 fully saturated rings. The Bertz CT molecular complexity index is 1420. The monoisotopic (exact) mass is 439 g/mol. The van der Waals surface area contributed by atoms with Crippen LogP contribution in [0.4, 0.5) is 0 Å². The summed E-state index contributed by atoms with van der Waals surface area (Å²) in [5.41, 5.74) is 0.360. The number of hydrogen-bond donors (Lipinski definition) is 1. The lowest BCUT2D eigenvalue weighted by Gasteiger charge is -2.64. The number of aromatic hydroxyl groups is 1. The highest BCUT2D eigenvalue weighted by molar-refractivity contribution is 5.77.